The van der Waals surface area contributed by atoms with Gasteiger partial charge in [-0.05, 0) is 69.1 Å². The monoisotopic (exact) mass is 378 g/mol. The third kappa shape index (κ3) is 4.29. The fourth-order valence-electron chi connectivity index (χ4n) is 4.03. The number of nitrogens with zero attached hydrogens (tertiary/aromatic N) is 1. The van der Waals surface area contributed by atoms with Crippen LogP contribution in [0.25, 0.3) is 0 Å². The second-order valence-corrected chi connectivity index (χ2v) is 9.82. The maximum absolute atomic E-state index is 12.7. The van der Waals surface area contributed by atoms with Crippen molar-refractivity contribution in [1.29, 1.82) is 0 Å². The zero-order valence-corrected chi connectivity index (χ0v) is 16.6. The fourth-order valence-corrected chi connectivity index (χ4v) is 5.21. The van der Waals surface area contributed by atoms with E-state index in [0.717, 1.165) is 31.2 Å². The maximum atomic E-state index is 12.7. The maximum Gasteiger partial charge on any atom is 0.224 e. The molecule has 2 atom stereocenters. The van der Waals surface area contributed by atoms with Crippen LogP contribution in [0.3, 0.4) is 0 Å². The molecule has 6 heteroatoms. The summed E-state index contributed by atoms with van der Waals surface area (Å²) in [6.45, 7) is 4.49. The predicted molar refractivity (Wildman–Crippen MR) is 103 cm³/mol. The second-order valence-electron chi connectivity index (χ2n) is 7.56. The highest BCUT2D eigenvalue weighted by Gasteiger charge is 2.31. The van der Waals surface area contributed by atoms with Crippen molar-refractivity contribution in [3.8, 4) is 0 Å². The van der Waals surface area contributed by atoms with Crippen LogP contribution in [0.4, 0.5) is 0 Å². The number of sulfonamides is 1. The van der Waals surface area contributed by atoms with E-state index in [2.05, 4.69) is 23.5 Å². The molecule has 0 unspecified atom stereocenters. The summed E-state index contributed by atoms with van der Waals surface area (Å²) < 4.78 is 25.7. The second kappa shape index (κ2) is 8.09. The van der Waals surface area contributed by atoms with Crippen molar-refractivity contribution in [1.82, 2.24) is 9.62 Å². The third-order valence-corrected chi connectivity index (χ3v) is 7.59. The normalized spacial score (nSPS) is 22.5. The summed E-state index contributed by atoms with van der Waals surface area (Å²) in [6.07, 6.45) is 6.26. The van der Waals surface area contributed by atoms with Gasteiger partial charge in [-0.3, -0.25) is 4.79 Å². The first kappa shape index (κ1) is 19.4. The molecule has 26 heavy (non-hydrogen) atoms. The minimum absolute atomic E-state index is 0.0359. The molecule has 1 N–H and O–H groups in total. The highest BCUT2D eigenvalue weighted by Crippen LogP contribution is 2.26. The first-order valence-corrected chi connectivity index (χ1v) is 11.4. The summed E-state index contributed by atoms with van der Waals surface area (Å²) in [7, 11) is -3.23. The number of amides is 1. The average Bonchev–Trinajstić information content (AvgIpc) is 2.67. The van der Waals surface area contributed by atoms with E-state index in [0.29, 0.717) is 13.1 Å². The number of piperidine rings is 1. The number of aryl methyl sites for hydroxylation is 2. The van der Waals surface area contributed by atoms with Crippen molar-refractivity contribution >= 4 is 15.9 Å². The Hall–Kier alpha value is -1.40. The molecule has 0 saturated carbocycles. The Morgan fingerprint density at radius 3 is 2.69 bits per heavy atom. The lowest BCUT2D eigenvalue weighted by molar-refractivity contribution is -0.126. The van der Waals surface area contributed by atoms with Crippen molar-refractivity contribution in [2.75, 3.05) is 18.8 Å². The molecule has 1 saturated heterocycles. The first-order chi connectivity index (χ1) is 12.4. The number of hydrogen-bond acceptors (Lipinski definition) is 3. The van der Waals surface area contributed by atoms with Gasteiger partial charge in [-0.15, -0.1) is 0 Å². The molecule has 2 aliphatic rings. The van der Waals surface area contributed by atoms with Gasteiger partial charge in [0.2, 0.25) is 15.9 Å². The lowest BCUT2D eigenvalue weighted by Gasteiger charge is -2.31. The number of benzene rings is 1. The highest BCUT2D eigenvalue weighted by molar-refractivity contribution is 7.89. The average molecular weight is 379 g/mol. The molecule has 0 aromatic heterocycles. The summed E-state index contributed by atoms with van der Waals surface area (Å²) >= 11 is 0. The summed E-state index contributed by atoms with van der Waals surface area (Å²) in [4.78, 5) is 12.7. The smallest absolute Gasteiger partial charge is 0.224 e. The van der Waals surface area contributed by atoms with Crippen LogP contribution < -0.4 is 5.32 Å². The number of carbonyl (C=O) groups is 1. The molecule has 1 aromatic carbocycles. The highest BCUT2D eigenvalue weighted by atomic mass is 32.2. The van der Waals surface area contributed by atoms with Crippen molar-refractivity contribution in [2.45, 2.75) is 58.4 Å². The molecule has 144 valence electrons. The van der Waals surface area contributed by atoms with Crippen LogP contribution >= 0.6 is 0 Å². The third-order valence-electron chi connectivity index (χ3n) is 5.74. The van der Waals surface area contributed by atoms with Gasteiger partial charge in [0.15, 0.2) is 0 Å². The van der Waals surface area contributed by atoms with E-state index in [9.17, 15) is 13.2 Å². The van der Waals surface area contributed by atoms with Crippen LogP contribution in [0.1, 0.15) is 62.3 Å². The fraction of sp³-hybridized carbons (Fsp3) is 0.650. The summed E-state index contributed by atoms with van der Waals surface area (Å²) in [5.41, 5.74) is 3.98. The van der Waals surface area contributed by atoms with Crippen molar-refractivity contribution in [3.05, 3.63) is 34.9 Å². The number of fused-ring (bicyclic) bond motifs is 1. The van der Waals surface area contributed by atoms with Gasteiger partial charge < -0.3 is 5.32 Å². The van der Waals surface area contributed by atoms with E-state index in [-0.39, 0.29) is 23.6 Å². The SMILES string of the molecule is CCS(=O)(=O)N1CCC[C@H](C(=O)N[C@H](C)c2ccc3c(c2)CCCC3)C1. The van der Waals surface area contributed by atoms with Gasteiger partial charge in [0.1, 0.15) is 0 Å². The van der Waals surface area contributed by atoms with E-state index in [4.69, 9.17) is 0 Å². The molecule has 0 radical (unpaired) electrons. The molecule has 1 heterocycles. The van der Waals surface area contributed by atoms with Gasteiger partial charge in [-0.25, -0.2) is 12.7 Å². The standard InChI is InChI=1S/C20H30N2O3S/c1-3-26(24,25)22-12-6-9-19(14-22)20(23)21-15(2)17-11-10-16-7-4-5-8-18(16)13-17/h10-11,13,15,19H,3-9,12,14H2,1-2H3,(H,21,23)/t15-,19+/m1/s1. The Bertz CT molecular complexity index is 760. The molecular formula is C20H30N2O3S. The minimum Gasteiger partial charge on any atom is -0.349 e. The lowest BCUT2D eigenvalue weighted by Crippen LogP contribution is -2.46. The van der Waals surface area contributed by atoms with E-state index in [1.165, 1.54) is 28.3 Å². The topological polar surface area (TPSA) is 66.5 Å². The van der Waals surface area contributed by atoms with Crippen LogP contribution in [-0.2, 0) is 27.7 Å². The van der Waals surface area contributed by atoms with Crippen molar-refractivity contribution in [2.24, 2.45) is 5.92 Å². The van der Waals surface area contributed by atoms with Crippen LogP contribution in [0.2, 0.25) is 0 Å². The van der Waals surface area contributed by atoms with Gasteiger partial charge in [0, 0.05) is 13.1 Å². The quantitative estimate of drug-likeness (QED) is 0.857. The lowest BCUT2D eigenvalue weighted by atomic mass is 9.89. The molecule has 5 nitrogen and oxygen atoms in total. The van der Waals surface area contributed by atoms with Crippen LogP contribution in [0.5, 0.6) is 0 Å². The van der Waals surface area contributed by atoms with E-state index in [1.807, 2.05) is 6.92 Å². The first-order valence-electron chi connectivity index (χ1n) is 9.80. The summed E-state index contributed by atoms with van der Waals surface area (Å²) in [5.74, 6) is -0.205. The predicted octanol–water partition coefficient (Wildman–Crippen LogP) is 2.80. The Kier molecular flexibility index (Phi) is 6.03. The number of carbonyl (C=O) groups excluding carboxylic acids is 1. The molecule has 1 aliphatic heterocycles. The molecule has 1 fully saturated rings. The van der Waals surface area contributed by atoms with Crippen molar-refractivity contribution < 1.29 is 13.2 Å². The largest absolute Gasteiger partial charge is 0.349 e. The number of nitrogens with one attached hydrogen (secondary N) is 1. The van der Waals surface area contributed by atoms with Gasteiger partial charge in [-0.2, -0.15) is 0 Å². The number of rotatable bonds is 5. The van der Waals surface area contributed by atoms with Gasteiger partial charge in [-0.1, -0.05) is 18.2 Å². The molecular weight excluding hydrogens is 348 g/mol. The molecule has 0 spiro atoms. The van der Waals surface area contributed by atoms with Crippen LogP contribution in [0.15, 0.2) is 18.2 Å². The van der Waals surface area contributed by atoms with E-state index >= 15 is 0 Å². The summed E-state index contributed by atoms with van der Waals surface area (Å²) in [5, 5.41) is 3.10. The van der Waals surface area contributed by atoms with Gasteiger partial charge in [0.05, 0.1) is 17.7 Å². The molecule has 1 aromatic rings. The zero-order valence-electron chi connectivity index (χ0n) is 15.8. The zero-order chi connectivity index (χ0) is 18.7. The molecule has 0 bridgehead atoms. The Balaban J connectivity index is 1.64. The Morgan fingerprint density at radius 1 is 1.23 bits per heavy atom. The number of hydrogen-bond donors (Lipinski definition) is 1. The Labute approximate surface area is 157 Å². The van der Waals surface area contributed by atoms with Crippen molar-refractivity contribution in [3.63, 3.8) is 0 Å². The van der Waals surface area contributed by atoms with E-state index < -0.39 is 10.0 Å². The van der Waals surface area contributed by atoms with E-state index in [1.54, 1.807) is 6.92 Å². The minimum atomic E-state index is -3.23. The Morgan fingerprint density at radius 2 is 1.96 bits per heavy atom. The summed E-state index contributed by atoms with van der Waals surface area (Å²) in [6, 6.07) is 6.48. The molecule has 3 rings (SSSR count). The van der Waals surface area contributed by atoms with Crippen LogP contribution in [0, 0.1) is 5.92 Å². The van der Waals surface area contributed by atoms with Gasteiger partial charge in [0.25, 0.3) is 0 Å². The van der Waals surface area contributed by atoms with Gasteiger partial charge >= 0.3 is 0 Å². The molecule has 1 amide bonds. The molecule has 1 aliphatic carbocycles. The van der Waals surface area contributed by atoms with Crippen LogP contribution in [-0.4, -0.2) is 37.5 Å².